The first-order valence-electron chi connectivity index (χ1n) is 3.55. The zero-order valence-corrected chi connectivity index (χ0v) is 7.26. The molecule has 3 nitrogen and oxygen atoms in total. The van der Waals surface area contributed by atoms with Gasteiger partial charge < -0.3 is 5.73 Å². The molecule has 3 heteroatoms. The smallest absolute Gasteiger partial charge is 0.111 e. The first-order chi connectivity index (χ1) is 4.59. The number of nitrogens with two attached hydrogens (primary N) is 1. The van der Waals surface area contributed by atoms with E-state index >= 15 is 0 Å². The van der Waals surface area contributed by atoms with Crippen LogP contribution >= 0.6 is 0 Å². The third-order valence-electron chi connectivity index (χ3n) is 1.54. The van der Waals surface area contributed by atoms with E-state index in [-0.39, 0.29) is 6.04 Å². The van der Waals surface area contributed by atoms with E-state index in [1.165, 1.54) is 0 Å². The summed E-state index contributed by atoms with van der Waals surface area (Å²) < 4.78 is 0. The van der Waals surface area contributed by atoms with Crippen molar-refractivity contribution in [2.24, 2.45) is 10.7 Å². The monoisotopic (exact) mass is 143 g/mol. The Morgan fingerprint density at radius 3 is 2.40 bits per heavy atom. The molecule has 0 spiro atoms. The molecule has 1 unspecified atom stereocenters. The van der Waals surface area contributed by atoms with Gasteiger partial charge in [0.25, 0.3) is 0 Å². The Morgan fingerprint density at radius 1 is 1.60 bits per heavy atom. The molecule has 60 valence electrons. The van der Waals surface area contributed by atoms with Crippen molar-refractivity contribution in [3.63, 3.8) is 0 Å². The molecule has 0 bridgehead atoms. The fourth-order valence-corrected chi connectivity index (χ4v) is 0.579. The van der Waals surface area contributed by atoms with Gasteiger partial charge >= 0.3 is 0 Å². The van der Waals surface area contributed by atoms with Crippen LogP contribution in [0.5, 0.6) is 0 Å². The average Bonchev–Trinajstić information content (AvgIpc) is 1.87. The van der Waals surface area contributed by atoms with Gasteiger partial charge in [0.05, 0.1) is 6.04 Å². The third-order valence-corrected chi connectivity index (χ3v) is 1.54. The van der Waals surface area contributed by atoms with Gasteiger partial charge in [0, 0.05) is 6.54 Å². The second-order valence-corrected chi connectivity index (χ2v) is 2.54. The topological polar surface area (TPSA) is 41.6 Å². The predicted octanol–water partition coefficient (Wildman–Crippen LogP) is 0.314. The lowest BCUT2D eigenvalue weighted by Crippen LogP contribution is -2.38. The fourth-order valence-electron chi connectivity index (χ4n) is 0.579. The van der Waals surface area contributed by atoms with E-state index in [0.29, 0.717) is 5.84 Å². The molecule has 0 amide bonds. The summed E-state index contributed by atoms with van der Waals surface area (Å²) in [6.07, 6.45) is 0. The molecule has 0 aliphatic rings. The van der Waals surface area contributed by atoms with Gasteiger partial charge in [0.2, 0.25) is 0 Å². The molecule has 0 radical (unpaired) electrons. The highest BCUT2D eigenvalue weighted by Gasteiger charge is 2.06. The van der Waals surface area contributed by atoms with Crippen LogP contribution in [0.25, 0.3) is 0 Å². The molecule has 1 atom stereocenters. The molecular formula is C7H17N3. The van der Waals surface area contributed by atoms with Crippen LogP contribution in [0, 0.1) is 0 Å². The molecule has 0 aliphatic heterocycles. The lowest BCUT2D eigenvalue weighted by Gasteiger charge is -2.18. The molecule has 10 heavy (non-hydrogen) atoms. The van der Waals surface area contributed by atoms with Crippen LogP contribution in [0.3, 0.4) is 0 Å². The number of rotatable bonds is 3. The Bertz CT molecular complexity index is 118. The minimum atomic E-state index is 0.250. The molecule has 0 rings (SSSR count). The van der Waals surface area contributed by atoms with Crippen LogP contribution < -0.4 is 5.73 Å². The average molecular weight is 143 g/mol. The maximum atomic E-state index is 5.64. The summed E-state index contributed by atoms with van der Waals surface area (Å²) in [5.41, 5.74) is 5.64. The zero-order valence-electron chi connectivity index (χ0n) is 7.26. The highest BCUT2D eigenvalue weighted by Crippen LogP contribution is 1.90. The standard InChI is InChI=1S/C7H17N3/c1-5-9-7(8)6(2)10(3)4/h6H,5H2,1-4H3,(H2,8,9). The van der Waals surface area contributed by atoms with Crippen LogP contribution in [0.1, 0.15) is 13.8 Å². The molecule has 0 aromatic rings. The number of aliphatic imine (C=N–C) groups is 1. The van der Waals surface area contributed by atoms with E-state index in [1.807, 2.05) is 32.8 Å². The third kappa shape index (κ3) is 2.82. The van der Waals surface area contributed by atoms with E-state index in [4.69, 9.17) is 5.73 Å². The van der Waals surface area contributed by atoms with Crippen LogP contribution in [-0.4, -0.2) is 37.4 Å². The quantitative estimate of drug-likeness (QED) is 0.456. The van der Waals surface area contributed by atoms with E-state index in [0.717, 1.165) is 6.54 Å². The molecular weight excluding hydrogens is 126 g/mol. The fraction of sp³-hybridized carbons (Fsp3) is 0.857. The Kier molecular flexibility index (Phi) is 4.03. The largest absolute Gasteiger partial charge is 0.386 e. The molecule has 0 aliphatic carbocycles. The lowest BCUT2D eigenvalue weighted by atomic mass is 10.3. The molecule has 0 saturated carbocycles. The van der Waals surface area contributed by atoms with Crippen LogP contribution in [-0.2, 0) is 0 Å². The van der Waals surface area contributed by atoms with Gasteiger partial charge in [-0.3, -0.25) is 9.89 Å². The molecule has 0 fully saturated rings. The van der Waals surface area contributed by atoms with Crippen molar-refractivity contribution in [1.82, 2.24) is 4.90 Å². The normalized spacial score (nSPS) is 15.9. The van der Waals surface area contributed by atoms with E-state index < -0.39 is 0 Å². The van der Waals surface area contributed by atoms with E-state index in [9.17, 15) is 0 Å². The first-order valence-corrected chi connectivity index (χ1v) is 3.55. The minimum absolute atomic E-state index is 0.250. The Hall–Kier alpha value is -0.570. The first kappa shape index (κ1) is 9.43. The van der Waals surface area contributed by atoms with Crippen molar-refractivity contribution < 1.29 is 0 Å². The summed E-state index contributed by atoms with van der Waals surface area (Å²) in [5, 5.41) is 0. The van der Waals surface area contributed by atoms with Crippen molar-refractivity contribution in [2.45, 2.75) is 19.9 Å². The van der Waals surface area contributed by atoms with Crippen LogP contribution in [0.4, 0.5) is 0 Å². The summed E-state index contributed by atoms with van der Waals surface area (Å²) in [6, 6.07) is 0.250. The summed E-state index contributed by atoms with van der Waals surface area (Å²) in [7, 11) is 3.98. The SMILES string of the molecule is CCN=C(N)C(C)N(C)C. The predicted molar refractivity (Wildman–Crippen MR) is 45.3 cm³/mol. The Balaban J connectivity index is 3.93. The van der Waals surface area contributed by atoms with Gasteiger partial charge in [0.1, 0.15) is 5.84 Å². The highest BCUT2D eigenvalue weighted by molar-refractivity contribution is 5.85. The summed E-state index contributed by atoms with van der Waals surface area (Å²) in [6.45, 7) is 4.79. The number of nitrogens with zero attached hydrogens (tertiary/aromatic N) is 2. The summed E-state index contributed by atoms with van der Waals surface area (Å²) >= 11 is 0. The number of amidine groups is 1. The molecule has 0 heterocycles. The molecule has 2 N–H and O–H groups in total. The van der Waals surface area contributed by atoms with Gasteiger partial charge in [-0.1, -0.05) is 0 Å². The zero-order chi connectivity index (χ0) is 8.15. The highest BCUT2D eigenvalue weighted by atomic mass is 15.1. The van der Waals surface area contributed by atoms with Gasteiger partial charge in [-0.2, -0.15) is 0 Å². The van der Waals surface area contributed by atoms with Gasteiger partial charge in [-0.25, -0.2) is 0 Å². The second kappa shape index (κ2) is 4.28. The summed E-state index contributed by atoms with van der Waals surface area (Å²) in [5.74, 6) is 0.715. The molecule has 0 saturated heterocycles. The van der Waals surface area contributed by atoms with Crippen molar-refractivity contribution in [3.05, 3.63) is 0 Å². The second-order valence-electron chi connectivity index (χ2n) is 2.54. The van der Waals surface area contributed by atoms with E-state index in [2.05, 4.69) is 4.99 Å². The lowest BCUT2D eigenvalue weighted by molar-refractivity contribution is 0.379. The van der Waals surface area contributed by atoms with Crippen LogP contribution in [0.15, 0.2) is 4.99 Å². The number of likely N-dealkylation sites (N-methyl/N-ethyl adjacent to an activating group) is 1. The Labute approximate surface area is 62.9 Å². The Morgan fingerprint density at radius 2 is 2.10 bits per heavy atom. The van der Waals surface area contributed by atoms with Crippen LogP contribution in [0.2, 0.25) is 0 Å². The van der Waals surface area contributed by atoms with Gasteiger partial charge in [-0.15, -0.1) is 0 Å². The number of hydrogen-bond acceptors (Lipinski definition) is 2. The maximum Gasteiger partial charge on any atom is 0.111 e. The van der Waals surface area contributed by atoms with Gasteiger partial charge in [0.15, 0.2) is 0 Å². The number of hydrogen-bond donors (Lipinski definition) is 1. The maximum absolute atomic E-state index is 5.64. The van der Waals surface area contributed by atoms with Crippen molar-refractivity contribution >= 4 is 5.84 Å². The molecule has 0 aromatic carbocycles. The van der Waals surface area contributed by atoms with Crippen molar-refractivity contribution in [3.8, 4) is 0 Å². The summed E-state index contributed by atoms with van der Waals surface area (Å²) in [4.78, 5) is 6.13. The van der Waals surface area contributed by atoms with Gasteiger partial charge in [-0.05, 0) is 27.9 Å². The minimum Gasteiger partial charge on any atom is -0.386 e. The van der Waals surface area contributed by atoms with E-state index in [1.54, 1.807) is 0 Å². The molecule has 0 aromatic heterocycles. The van der Waals surface area contributed by atoms with Crippen molar-refractivity contribution in [2.75, 3.05) is 20.6 Å². The van der Waals surface area contributed by atoms with Crippen molar-refractivity contribution in [1.29, 1.82) is 0 Å².